The van der Waals surface area contributed by atoms with E-state index in [0.29, 0.717) is 6.54 Å². The first-order chi connectivity index (χ1) is 8.12. The SMILES string of the molecule is CN(CCc1cccs1)CC1(C(=O)O)CCC1. The van der Waals surface area contributed by atoms with Crippen molar-refractivity contribution >= 4 is 17.3 Å². The van der Waals surface area contributed by atoms with Gasteiger partial charge in [-0.05, 0) is 37.8 Å². The van der Waals surface area contributed by atoms with Crippen LogP contribution in [0.2, 0.25) is 0 Å². The Balaban J connectivity index is 1.80. The molecule has 0 radical (unpaired) electrons. The predicted molar refractivity (Wildman–Crippen MR) is 69.4 cm³/mol. The zero-order valence-corrected chi connectivity index (χ0v) is 11.0. The van der Waals surface area contributed by atoms with Gasteiger partial charge < -0.3 is 10.0 Å². The van der Waals surface area contributed by atoms with Crippen LogP contribution in [0.4, 0.5) is 0 Å². The zero-order chi connectivity index (χ0) is 12.3. The van der Waals surface area contributed by atoms with E-state index >= 15 is 0 Å². The number of aliphatic carboxylic acids is 1. The summed E-state index contributed by atoms with van der Waals surface area (Å²) in [6, 6.07) is 4.19. The summed E-state index contributed by atoms with van der Waals surface area (Å²) >= 11 is 1.77. The van der Waals surface area contributed by atoms with Crippen molar-refractivity contribution in [1.29, 1.82) is 0 Å². The van der Waals surface area contributed by atoms with Crippen LogP contribution in [0.15, 0.2) is 17.5 Å². The minimum absolute atomic E-state index is 0.454. The summed E-state index contributed by atoms with van der Waals surface area (Å²) in [4.78, 5) is 14.8. The Morgan fingerprint density at radius 1 is 1.59 bits per heavy atom. The molecule has 1 aromatic heterocycles. The van der Waals surface area contributed by atoms with Crippen LogP contribution in [0.25, 0.3) is 0 Å². The Morgan fingerprint density at radius 2 is 2.35 bits per heavy atom. The van der Waals surface area contributed by atoms with Crippen LogP contribution in [0, 0.1) is 5.41 Å². The van der Waals surface area contributed by atoms with Gasteiger partial charge in [-0.2, -0.15) is 0 Å². The van der Waals surface area contributed by atoms with Gasteiger partial charge in [0.2, 0.25) is 0 Å². The van der Waals surface area contributed by atoms with E-state index in [1.165, 1.54) is 4.88 Å². The number of carboxylic acids is 1. The van der Waals surface area contributed by atoms with E-state index in [1.807, 2.05) is 7.05 Å². The lowest BCUT2D eigenvalue weighted by Crippen LogP contribution is -2.47. The third-order valence-electron chi connectivity index (χ3n) is 3.66. The highest BCUT2D eigenvalue weighted by Gasteiger charge is 2.44. The zero-order valence-electron chi connectivity index (χ0n) is 10.2. The van der Waals surface area contributed by atoms with Crippen LogP contribution >= 0.6 is 11.3 Å². The quantitative estimate of drug-likeness (QED) is 0.846. The van der Waals surface area contributed by atoms with Gasteiger partial charge in [0.05, 0.1) is 5.41 Å². The van der Waals surface area contributed by atoms with E-state index in [4.69, 9.17) is 0 Å². The summed E-state index contributed by atoms with van der Waals surface area (Å²) in [5.74, 6) is -0.619. The van der Waals surface area contributed by atoms with Gasteiger partial charge in [-0.1, -0.05) is 12.5 Å². The Morgan fingerprint density at radius 3 is 2.82 bits per heavy atom. The number of likely N-dealkylation sites (N-methyl/N-ethyl adjacent to an activating group) is 1. The molecule has 0 aliphatic heterocycles. The molecule has 0 unspecified atom stereocenters. The molecular weight excluding hydrogens is 234 g/mol. The molecule has 2 rings (SSSR count). The monoisotopic (exact) mass is 253 g/mol. The summed E-state index contributed by atoms with van der Waals surface area (Å²) in [5.41, 5.74) is -0.454. The number of nitrogens with zero attached hydrogens (tertiary/aromatic N) is 1. The highest BCUT2D eigenvalue weighted by atomic mass is 32.1. The highest BCUT2D eigenvalue weighted by molar-refractivity contribution is 7.09. The molecule has 3 nitrogen and oxygen atoms in total. The van der Waals surface area contributed by atoms with Crippen molar-refractivity contribution in [3.63, 3.8) is 0 Å². The largest absolute Gasteiger partial charge is 0.481 e. The summed E-state index contributed by atoms with van der Waals surface area (Å²) in [5, 5.41) is 11.3. The van der Waals surface area contributed by atoms with Gasteiger partial charge in [0.1, 0.15) is 0 Å². The lowest BCUT2D eigenvalue weighted by molar-refractivity contribution is -0.155. The fraction of sp³-hybridized carbons (Fsp3) is 0.615. The molecule has 1 saturated carbocycles. The molecule has 0 saturated heterocycles. The molecule has 0 spiro atoms. The van der Waals surface area contributed by atoms with Gasteiger partial charge in [0, 0.05) is 18.0 Å². The maximum absolute atomic E-state index is 11.2. The second kappa shape index (κ2) is 5.19. The smallest absolute Gasteiger partial charge is 0.310 e. The predicted octanol–water partition coefficient (Wildman–Crippen LogP) is 2.48. The van der Waals surface area contributed by atoms with Crippen molar-refractivity contribution in [2.45, 2.75) is 25.7 Å². The number of thiophene rings is 1. The molecule has 1 fully saturated rings. The van der Waals surface area contributed by atoms with Gasteiger partial charge in [-0.25, -0.2) is 0 Å². The minimum atomic E-state index is -0.619. The van der Waals surface area contributed by atoms with Crippen molar-refractivity contribution in [3.05, 3.63) is 22.4 Å². The molecule has 1 aliphatic rings. The van der Waals surface area contributed by atoms with Gasteiger partial charge in [-0.15, -0.1) is 11.3 Å². The summed E-state index contributed by atoms with van der Waals surface area (Å²) in [7, 11) is 2.02. The van der Waals surface area contributed by atoms with Crippen molar-refractivity contribution in [1.82, 2.24) is 4.90 Å². The van der Waals surface area contributed by atoms with Crippen LogP contribution < -0.4 is 0 Å². The number of hydrogen-bond donors (Lipinski definition) is 1. The van der Waals surface area contributed by atoms with Crippen LogP contribution in [0.1, 0.15) is 24.1 Å². The fourth-order valence-corrected chi connectivity index (χ4v) is 3.09. The molecule has 0 atom stereocenters. The Labute approximate surface area is 106 Å². The minimum Gasteiger partial charge on any atom is -0.481 e. The van der Waals surface area contributed by atoms with E-state index in [2.05, 4.69) is 22.4 Å². The van der Waals surface area contributed by atoms with Gasteiger partial charge >= 0.3 is 5.97 Å². The van der Waals surface area contributed by atoms with E-state index in [1.54, 1.807) is 11.3 Å². The maximum Gasteiger partial charge on any atom is 0.310 e. The second-order valence-electron chi connectivity index (χ2n) is 5.01. The highest BCUT2D eigenvalue weighted by Crippen LogP contribution is 2.41. The van der Waals surface area contributed by atoms with Crippen LogP contribution in [0.3, 0.4) is 0 Å². The third-order valence-corrected chi connectivity index (χ3v) is 4.59. The van der Waals surface area contributed by atoms with E-state index in [0.717, 1.165) is 32.2 Å². The van der Waals surface area contributed by atoms with Crippen LogP contribution in [-0.4, -0.2) is 36.1 Å². The lowest BCUT2D eigenvalue weighted by atomic mass is 9.68. The molecule has 1 aliphatic carbocycles. The molecule has 1 heterocycles. The number of rotatable bonds is 6. The van der Waals surface area contributed by atoms with Crippen molar-refractivity contribution in [2.24, 2.45) is 5.41 Å². The van der Waals surface area contributed by atoms with E-state index < -0.39 is 11.4 Å². The normalized spacial score (nSPS) is 18.0. The fourth-order valence-electron chi connectivity index (χ4n) is 2.39. The van der Waals surface area contributed by atoms with Crippen LogP contribution in [0.5, 0.6) is 0 Å². The molecule has 94 valence electrons. The Bertz CT molecular complexity index is 371. The molecular formula is C13H19NO2S. The average Bonchev–Trinajstić information content (AvgIpc) is 2.72. The molecule has 1 N–H and O–H groups in total. The first-order valence-corrected chi connectivity index (χ1v) is 6.95. The average molecular weight is 253 g/mol. The number of carboxylic acid groups (broad SMARTS) is 1. The Kier molecular flexibility index (Phi) is 3.84. The number of carbonyl (C=O) groups is 1. The summed E-state index contributed by atoms with van der Waals surface area (Å²) in [6.45, 7) is 1.63. The van der Waals surface area contributed by atoms with Gasteiger partial charge in [0.25, 0.3) is 0 Å². The lowest BCUT2D eigenvalue weighted by Gasteiger charge is -2.40. The maximum atomic E-state index is 11.2. The van der Waals surface area contributed by atoms with Crippen LogP contribution in [-0.2, 0) is 11.2 Å². The summed E-state index contributed by atoms with van der Waals surface area (Å²) < 4.78 is 0. The van der Waals surface area contributed by atoms with Crippen molar-refractivity contribution < 1.29 is 9.90 Å². The molecule has 1 aromatic rings. The van der Waals surface area contributed by atoms with Crippen molar-refractivity contribution in [3.8, 4) is 0 Å². The molecule has 17 heavy (non-hydrogen) atoms. The third kappa shape index (κ3) is 2.87. The Hall–Kier alpha value is -0.870. The molecule has 0 aromatic carbocycles. The standard InChI is InChI=1S/C13H19NO2S/c1-14(8-5-11-4-2-9-17-11)10-13(12(15)16)6-3-7-13/h2,4,9H,3,5-8,10H2,1H3,(H,15,16). The summed E-state index contributed by atoms with van der Waals surface area (Å²) in [6.07, 6.45) is 3.76. The second-order valence-corrected chi connectivity index (χ2v) is 6.04. The molecule has 4 heteroatoms. The topological polar surface area (TPSA) is 40.5 Å². The first kappa shape index (κ1) is 12.6. The van der Waals surface area contributed by atoms with E-state index in [-0.39, 0.29) is 0 Å². The number of hydrogen-bond acceptors (Lipinski definition) is 3. The molecule has 0 amide bonds. The van der Waals surface area contributed by atoms with E-state index in [9.17, 15) is 9.90 Å². The van der Waals surface area contributed by atoms with Gasteiger partial charge in [-0.3, -0.25) is 4.79 Å². The van der Waals surface area contributed by atoms with Crippen molar-refractivity contribution in [2.75, 3.05) is 20.1 Å². The van der Waals surface area contributed by atoms with Gasteiger partial charge in [0.15, 0.2) is 0 Å². The molecule has 0 bridgehead atoms. The first-order valence-electron chi connectivity index (χ1n) is 6.07.